The predicted molar refractivity (Wildman–Crippen MR) is 89.6 cm³/mol. The average molecular weight is 385 g/mol. The van der Waals surface area contributed by atoms with Gasteiger partial charge in [-0.1, -0.05) is 12.1 Å². The lowest BCUT2D eigenvalue weighted by Gasteiger charge is -2.18. The van der Waals surface area contributed by atoms with Gasteiger partial charge >= 0.3 is 0 Å². The topological polar surface area (TPSA) is 114 Å². The third kappa shape index (κ3) is 3.89. The van der Waals surface area contributed by atoms with E-state index in [0.717, 1.165) is 12.8 Å². The summed E-state index contributed by atoms with van der Waals surface area (Å²) in [7, 11) is -7.81. The minimum atomic E-state index is -3.97. The first-order valence-electron chi connectivity index (χ1n) is 7.82. The van der Waals surface area contributed by atoms with E-state index in [4.69, 9.17) is 0 Å². The van der Waals surface area contributed by atoms with Crippen molar-refractivity contribution in [3.63, 3.8) is 0 Å². The zero-order chi connectivity index (χ0) is 17.9. The minimum absolute atomic E-state index is 0.0732. The van der Waals surface area contributed by atoms with E-state index >= 15 is 0 Å². The highest BCUT2D eigenvalue weighted by atomic mass is 32.2. The quantitative estimate of drug-likeness (QED) is 0.720. The molecule has 1 aromatic carbocycles. The molecule has 25 heavy (non-hydrogen) atoms. The Hall–Kier alpha value is -1.82. The van der Waals surface area contributed by atoms with Gasteiger partial charge in [-0.25, -0.2) is 26.5 Å². The van der Waals surface area contributed by atoms with E-state index in [2.05, 4.69) is 14.8 Å². The van der Waals surface area contributed by atoms with Gasteiger partial charge in [-0.3, -0.25) is 4.68 Å². The summed E-state index contributed by atoms with van der Waals surface area (Å²) in [5, 5.41) is 3.89. The molecular weight excluding hydrogens is 366 g/mol. The number of hydrogen-bond donors (Lipinski definition) is 1. The number of nitrogens with one attached hydrogen (secondary N) is 1. The maximum atomic E-state index is 12.8. The van der Waals surface area contributed by atoms with Crippen LogP contribution in [-0.4, -0.2) is 55.5 Å². The van der Waals surface area contributed by atoms with Gasteiger partial charge in [-0.05, 0) is 25.0 Å². The molecule has 11 heteroatoms. The molecule has 9 nitrogen and oxygen atoms in total. The van der Waals surface area contributed by atoms with E-state index in [9.17, 15) is 16.8 Å². The van der Waals surface area contributed by atoms with E-state index < -0.39 is 20.0 Å². The lowest BCUT2D eigenvalue weighted by atomic mass is 10.4. The second-order valence-corrected chi connectivity index (χ2v) is 9.26. The summed E-state index contributed by atoms with van der Waals surface area (Å²) in [4.78, 5) is 3.35. The zero-order valence-corrected chi connectivity index (χ0v) is 15.1. The van der Waals surface area contributed by atoms with Gasteiger partial charge in [0.1, 0.15) is 22.4 Å². The highest BCUT2D eigenvalue weighted by molar-refractivity contribution is 7.92. The minimum Gasteiger partial charge on any atom is -0.252 e. The molecule has 3 rings (SSSR count). The van der Waals surface area contributed by atoms with Gasteiger partial charge in [-0.15, -0.1) is 0 Å². The summed E-state index contributed by atoms with van der Waals surface area (Å²) < 4.78 is 56.0. The van der Waals surface area contributed by atoms with Crippen molar-refractivity contribution >= 4 is 20.0 Å². The molecule has 1 aliphatic heterocycles. The van der Waals surface area contributed by atoms with Gasteiger partial charge in [0.25, 0.3) is 0 Å². The van der Waals surface area contributed by atoms with Crippen LogP contribution < -0.4 is 4.72 Å². The summed E-state index contributed by atoms with van der Waals surface area (Å²) in [6.07, 6.45) is 4.39. The van der Waals surface area contributed by atoms with Crippen LogP contribution in [0, 0.1) is 0 Å². The molecule has 2 heterocycles. The molecule has 0 spiro atoms. The molecule has 1 aromatic heterocycles. The van der Waals surface area contributed by atoms with Crippen LogP contribution in [0.5, 0.6) is 0 Å². The number of sulfonamides is 2. The monoisotopic (exact) mass is 385 g/mol. The number of benzene rings is 1. The van der Waals surface area contributed by atoms with E-state index in [1.54, 1.807) is 0 Å². The van der Waals surface area contributed by atoms with Crippen molar-refractivity contribution in [2.45, 2.75) is 29.2 Å². The lowest BCUT2D eigenvalue weighted by Crippen LogP contribution is -2.32. The fourth-order valence-electron chi connectivity index (χ4n) is 2.67. The highest BCUT2D eigenvalue weighted by Crippen LogP contribution is 2.26. The van der Waals surface area contributed by atoms with Crippen LogP contribution in [0.3, 0.4) is 0 Å². The SMILES string of the molecule is O=S(=O)(NCCn1cncn1)c1ccccc1S(=O)(=O)N1CCCC1. The fourth-order valence-corrected chi connectivity index (χ4v) is 6.01. The Kier molecular flexibility index (Phi) is 5.18. The largest absolute Gasteiger partial charge is 0.252 e. The maximum Gasteiger partial charge on any atom is 0.244 e. The fraction of sp³-hybridized carbons (Fsp3) is 0.429. The molecule has 0 atom stereocenters. The van der Waals surface area contributed by atoms with Crippen LogP contribution in [0.25, 0.3) is 0 Å². The van der Waals surface area contributed by atoms with Gasteiger partial charge in [-0.2, -0.15) is 9.40 Å². The van der Waals surface area contributed by atoms with Crippen LogP contribution in [0.1, 0.15) is 12.8 Å². The van der Waals surface area contributed by atoms with Gasteiger partial charge in [0.2, 0.25) is 20.0 Å². The molecule has 1 saturated heterocycles. The van der Waals surface area contributed by atoms with Gasteiger partial charge < -0.3 is 0 Å². The molecule has 0 bridgehead atoms. The third-order valence-corrected chi connectivity index (χ3v) is 7.53. The molecule has 136 valence electrons. The molecule has 0 aliphatic carbocycles. The Balaban J connectivity index is 1.84. The van der Waals surface area contributed by atoms with Crippen molar-refractivity contribution in [1.82, 2.24) is 23.8 Å². The molecule has 0 radical (unpaired) electrons. The Labute approximate surface area is 146 Å². The van der Waals surface area contributed by atoms with E-state index in [1.807, 2.05) is 0 Å². The summed E-state index contributed by atoms with van der Waals surface area (Å²) >= 11 is 0. The summed E-state index contributed by atoms with van der Waals surface area (Å²) in [5.74, 6) is 0. The van der Waals surface area contributed by atoms with Gasteiger partial charge in [0.05, 0.1) is 6.54 Å². The molecular formula is C14H19N5O4S2. The standard InChI is InChI=1S/C14H19N5O4S2/c20-24(21,17-7-10-18-12-15-11-16-18)13-5-1-2-6-14(13)25(22,23)19-8-3-4-9-19/h1-2,5-6,11-12,17H,3-4,7-10H2. The number of hydrogen-bond acceptors (Lipinski definition) is 6. The number of rotatable bonds is 7. The smallest absolute Gasteiger partial charge is 0.244 e. The summed E-state index contributed by atoms with van der Waals surface area (Å²) in [6.45, 7) is 1.19. The van der Waals surface area contributed by atoms with Crippen molar-refractivity contribution in [3.8, 4) is 0 Å². The normalized spacial score (nSPS) is 16.3. The van der Waals surface area contributed by atoms with Gasteiger partial charge in [0.15, 0.2) is 0 Å². The van der Waals surface area contributed by atoms with Crippen LogP contribution in [0.2, 0.25) is 0 Å². The molecule has 0 unspecified atom stereocenters. The summed E-state index contributed by atoms with van der Waals surface area (Å²) in [6, 6.07) is 5.67. The van der Waals surface area contributed by atoms with Crippen LogP contribution in [-0.2, 0) is 26.6 Å². The second-order valence-electron chi connectivity index (χ2n) is 5.61. The van der Waals surface area contributed by atoms with Crippen molar-refractivity contribution < 1.29 is 16.8 Å². The highest BCUT2D eigenvalue weighted by Gasteiger charge is 2.32. The van der Waals surface area contributed by atoms with E-state index in [1.165, 1.54) is 45.9 Å². The predicted octanol–water partition coefficient (Wildman–Crippen LogP) is 0.0411. The Morgan fingerprint density at radius 3 is 2.36 bits per heavy atom. The summed E-state index contributed by atoms with van der Waals surface area (Å²) in [5.41, 5.74) is 0. The first-order chi connectivity index (χ1) is 11.9. The lowest BCUT2D eigenvalue weighted by molar-refractivity contribution is 0.474. The first kappa shape index (κ1) is 18.0. The first-order valence-corrected chi connectivity index (χ1v) is 10.7. The van der Waals surface area contributed by atoms with Crippen LogP contribution >= 0.6 is 0 Å². The van der Waals surface area contributed by atoms with Crippen molar-refractivity contribution in [2.24, 2.45) is 0 Å². The molecule has 2 aromatic rings. The maximum absolute atomic E-state index is 12.8. The second kappa shape index (κ2) is 7.20. The van der Waals surface area contributed by atoms with E-state index in [0.29, 0.717) is 19.6 Å². The Morgan fingerprint density at radius 2 is 1.72 bits per heavy atom. The van der Waals surface area contributed by atoms with Crippen LogP contribution in [0.15, 0.2) is 46.7 Å². The van der Waals surface area contributed by atoms with Crippen molar-refractivity contribution in [1.29, 1.82) is 0 Å². The van der Waals surface area contributed by atoms with Crippen LogP contribution in [0.4, 0.5) is 0 Å². The number of aromatic nitrogens is 3. The third-order valence-electron chi connectivity index (χ3n) is 3.92. The molecule has 0 saturated carbocycles. The average Bonchev–Trinajstić information content (AvgIpc) is 3.28. The molecule has 1 N–H and O–H groups in total. The molecule has 0 amide bonds. The Morgan fingerprint density at radius 1 is 1.04 bits per heavy atom. The Bertz CT molecular complexity index is 920. The molecule has 1 aliphatic rings. The van der Waals surface area contributed by atoms with Crippen molar-refractivity contribution in [3.05, 3.63) is 36.9 Å². The molecule has 1 fully saturated rings. The van der Waals surface area contributed by atoms with E-state index in [-0.39, 0.29) is 16.3 Å². The van der Waals surface area contributed by atoms with Gasteiger partial charge in [0, 0.05) is 19.6 Å². The zero-order valence-electron chi connectivity index (χ0n) is 13.4. The van der Waals surface area contributed by atoms with Crippen molar-refractivity contribution in [2.75, 3.05) is 19.6 Å². The number of nitrogens with zero attached hydrogens (tertiary/aromatic N) is 4.